The van der Waals surface area contributed by atoms with Crippen LogP contribution in [0.2, 0.25) is 5.15 Å². The third-order valence-electron chi connectivity index (χ3n) is 4.26. The van der Waals surface area contributed by atoms with E-state index in [9.17, 15) is 5.11 Å². The summed E-state index contributed by atoms with van der Waals surface area (Å²) < 4.78 is 11.3. The van der Waals surface area contributed by atoms with Crippen molar-refractivity contribution in [2.75, 3.05) is 13.7 Å². The first-order valence-corrected chi connectivity index (χ1v) is 9.37. The molecule has 2 N–H and O–H groups in total. The Kier molecular flexibility index (Phi) is 7.25. The molecule has 6 heteroatoms. The van der Waals surface area contributed by atoms with Gasteiger partial charge < -0.3 is 19.9 Å². The number of aliphatic hydroxyl groups is 1. The van der Waals surface area contributed by atoms with E-state index < -0.39 is 6.10 Å². The van der Waals surface area contributed by atoms with Gasteiger partial charge in [-0.2, -0.15) is 0 Å². The lowest BCUT2D eigenvalue weighted by atomic mass is 10.1. The first kappa shape index (κ1) is 20.1. The van der Waals surface area contributed by atoms with Crippen LogP contribution in [0.4, 0.5) is 0 Å². The normalized spacial score (nSPS) is 11.8. The smallest absolute Gasteiger partial charge is 0.161 e. The highest BCUT2D eigenvalue weighted by Gasteiger charge is 2.09. The van der Waals surface area contributed by atoms with Crippen LogP contribution in [0, 0.1) is 0 Å². The molecule has 0 saturated heterocycles. The lowest BCUT2D eigenvalue weighted by molar-refractivity contribution is 0.174. The third-order valence-corrected chi connectivity index (χ3v) is 4.49. The number of aromatic nitrogens is 1. The number of nitrogens with zero attached hydrogens (tertiary/aromatic N) is 1. The molecule has 0 radical (unpaired) electrons. The number of pyridine rings is 1. The number of hydrogen-bond donors (Lipinski definition) is 2. The van der Waals surface area contributed by atoms with Crippen molar-refractivity contribution in [3.8, 4) is 11.5 Å². The molecule has 3 rings (SSSR count). The molecule has 0 aliphatic heterocycles. The molecular weight excluding hydrogens is 376 g/mol. The minimum atomic E-state index is -0.543. The lowest BCUT2D eigenvalue weighted by Gasteiger charge is -2.14. The molecule has 3 aromatic rings. The number of rotatable bonds is 9. The molecule has 1 heterocycles. The molecule has 0 amide bonds. The molecule has 0 saturated carbocycles. The number of nitrogens with one attached hydrogen (secondary N) is 1. The minimum Gasteiger partial charge on any atom is -0.493 e. The third kappa shape index (κ3) is 5.70. The number of ether oxygens (including phenoxy) is 2. The molecule has 0 aliphatic carbocycles. The Morgan fingerprint density at radius 1 is 1.04 bits per heavy atom. The summed E-state index contributed by atoms with van der Waals surface area (Å²) >= 11 is 5.80. The van der Waals surface area contributed by atoms with Crippen LogP contribution in [-0.2, 0) is 13.2 Å². The quantitative estimate of drug-likeness (QED) is 0.530. The van der Waals surface area contributed by atoms with Gasteiger partial charge in [0, 0.05) is 24.8 Å². The van der Waals surface area contributed by atoms with Crippen LogP contribution >= 0.6 is 11.6 Å². The van der Waals surface area contributed by atoms with Crippen LogP contribution in [0.3, 0.4) is 0 Å². The molecule has 0 fully saturated rings. The van der Waals surface area contributed by atoms with Crippen LogP contribution in [-0.4, -0.2) is 23.7 Å². The van der Waals surface area contributed by atoms with E-state index in [1.54, 1.807) is 19.4 Å². The predicted molar refractivity (Wildman–Crippen MR) is 110 cm³/mol. The van der Waals surface area contributed by atoms with E-state index in [1.807, 2.05) is 54.6 Å². The molecule has 1 aromatic heterocycles. The SMILES string of the molecule is COc1cc(CNC[C@@H](O)c2ccccc2)ccc1OCc1ccc(Cl)nc1. The highest BCUT2D eigenvalue weighted by molar-refractivity contribution is 6.29. The van der Waals surface area contributed by atoms with Gasteiger partial charge in [-0.1, -0.05) is 54.1 Å². The summed E-state index contributed by atoms with van der Waals surface area (Å²) in [4.78, 5) is 4.04. The fourth-order valence-corrected chi connectivity index (χ4v) is 2.85. The van der Waals surface area contributed by atoms with Gasteiger partial charge in [-0.3, -0.25) is 0 Å². The van der Waals surface area contributed by atoms with E-state index >= 15 is 0 Å². The summed E-state index contributed by atoms with van der Waals surface area (Å²) in [6.07, 6.45) is 1.14. The van der Waals surface area contributed by atoms with Crippen molar-refractivity contribution in [2.24, 2.45) is 0 Å². The van der Waals surface area contributed by atoms with Crippen molar-refractivity contribution in [1.29, 1.82) is 0 Å². The van der Waals surface area contributed by atoms with Gasteiger partial charge in [0.2, 0.25) is 0 Å². The Balaban J connectivity index is 1.54. The zero-order valence-corrected chi connectivity index (χ0v) is 16.4. The maximum absolute atomic E-state index is 10.2. The fourth-order valence-electron chi connectivity index (χ4n) is 2.74. The maximum atomic E-state index is 10.2. The fraction of sp³-hybridized carbons (Fsp3) is 0.227. The van der Waals surface area contributed by atoms with E-state index in [-0.39, 0.29) is 0 Å². The first-order chi connectivity index (χ1) is 13.7. The summed E-state index contributed by atoms with van der Waals surface area (Å²) in [6.45, 7) is 1.46. The van der Waals surface area contributed by atoms with Gasteiger partial charge >= 0.3 is 0 Å². The largest absolute Gasteiger partial charge is 0.493 e. The molecular formula is C22H23ClN2O3. The summed E-state index contributed by atoms with van der Waals surface area (Å²) in [5.74, 6) is 1.32. The van der Waals surface area contributed by atoms with E-state index in [0.717, 1.165) is 16.7 Å². The van der Waals surface area contributed by atoms with E-state index in [1.165, 1.54) is 0 Å². The molecule has 146 valence electrons. The average Bonchev–Trinajstić information content (AvgIpc) is 2.74. The van der Waals surface area contributed by atoms with Crippen LogP contribution in [0.1, 0.15) is 22.8 Å². The number of methoxy groups -OCH3 is 1. The molecule has 0 unspecified atom stereocenters. The van der Waals surface area contributed by atoms with Crippen molar-refractivity contribution >= 4 is 11.6 Å². The van der Waals surface area contributed by atoms with Gasteiger partial charge in [-0.15, -0.1) is 0 Å². The van der Waals surface area contributed by atoms with Crippen molar-refractivity contribution in [1.82, 2.24) is 10.3 Å². The van der Waals surface area contributed by atoms with Crippen LogP contribution in [0.15, 0.2) is 66.9 Å². The number of halogens is 1. The van der Waals surface area contributed by atoms with Gasteiger partial charge in [0.1, 0.15) is 11.8 Å². The molecule has 28 heavy (non-hydrogen) atoms. The molecule has 0 aliphatic rings. The monoisotopic (exact) mass is 398 g/mol. The minimum absolute atomic E-state index is 0.376. The zero-order chi connectivity index (χ0) is 19.8. The first-order valence-electron chi connectivity index (χ1n) is 8.99. The molecule has 0 spiro atoms. The van der Waals surface area contributed by atoms with Crippen LogP contribution < -0.4 is 14.8 Å². The van der Waals surface area contributed by atoms with Crippen molar-refractivity contribution in [2.45, 2.75) is 19.3 Å². The number of aliphatic hydroxyl groups excluding tert-OH is 1. The highest BCUT2D eigenvalue weighted by Crippen LogP contribution is 2.29. The van der Waals surface area contributed by atoms with E-state index in [4.69, 9.17) is 21.1 Å². The molecule has 2 aromatic carbocycles. The maximum Gasteiger partial charge on any atom is 0.161 e. The average molecular weight is 399 g/mol. The van der Waals surface area contributed by atoms with E-state index in [0.29, 0.717) is 36.3 Å². The summed E-state index contributed by atoms with van der Waals surface area (Å²) in [6, 6.07) is 19.0. The van der Waals surface area contributed by atoms with Crippen molar-refractivity contribution < 1.29 is 14.6 Å². The van der Waals surface area contributed by atoms with Crippen molar-refractivity contribution in [3.63, 3.8) is 0 Å². The Morgan fingerprint density at radius 3 is 2.54 bits per heavy atom. The summed E-state index contributed by atoms with van der Waals surface area (Å²) in [5.41, 5.74) is 2.86. The Morgan fingerprint density at radius 2 is 1.82 bits per heavy atom. The zero-order valence-electron chi connectivity index (χ0n) is 15.6. The molecule has 0 bridgehead atoms. The highest BCUT2D eigenvalue weighted by atomic mass is 35.5. The Labute approximate surface area is 169 Å². The second-order valence-corrected chi connectivity index (χ2v) is 6.71. The molecule has 5 nitrogen and oxygen atoms in total. The van der Waals surface area contributed by atoms with Crippen LogP contribution in [0.5, 0.6) is 11.5 Å². The Hall–Kier alpha value is -2.60. The van der Waals surface area contributed by atoms with Crippen LogP contribution in [0.25, 0.3) is 0 Å². The Bertz CT molecular complexity index is 873. The second kappa shape index (κ2) is 10.1. The second-order valence-electron chi connectivity index (χ2n) is 6.32. The lowest BCUT2D eigenvalue weighted by Crippen LogP contribution is -2.21. The van der Waals surface area contributed by atoms with Gasteiger partial charge in [-0.25, -0.2) is 4.98 Å². The standard InChI is InChI=1S/C22H23ClN2O3/c1-27-21-11-16(12-24-14-19(26)18-5-3-2-4-6-18)7-9-20(21)28-15-17-8-10-22(23)25-13-17/h2-11,13,19,24,26H,12,14-15H2,1H3/t19-/m1/s1. The predicted octanol–water partition coefficient (Wildman–Crippen LogP) is 4.15. The van der Waals surface area contributed by atoms with E-state index in [2.05, 4.69) is 10.3 Å². The molecule has 1 atom stereocenters. The van der Waals surface area contributed by atoms with Gasteiger partial charge in [-0.05, 0) is 29.3 Å². The van der Waals surface area contributed by atoms with Crippen molar-refractivity contribution in [3.05, 3.63) is 88.7 Å². The van der Waals surface area contributed by atoms with Gasteiger partial charge in [0.15, 0.2) is 11.5 Å². The van der Waals surface area contributed by atoms with Gasteiger partial charge in [0.05, 0.1) is 13.2 Å². The summed E-state index contributed by atoms with van der Waals surface area (Å²) in [5, 5.41) is 13.9. The topological polar surface area (TPSA) is 63.6 Å². The number of benzene rings is 2. The summed E-state index contributed by atoms with van der Waals surface area (Å²) in [7, 11) is 1.61. The van der Waals surface area contributed by atoms with Gasteiger partial charge in [0.25, 0.3) is 0 Å². The number of hydrogen-bond acceptors (Lipinski definition) is 5.